The molecule has 1 fully saturated rings. The number of carbonyl (C=O) groups is 1. The maximum atomic E-state index is 13.3. The van der Waals surface area contributed by atoms with E-state index in [1.165, 1.54) is 4.31 Å². The van der Waals surface area contributed by atoms with Crippen molar-refractivity contribution in [2.75, 3.05) is 40.8 Å². The minimum Gasteiger partial charge on any atom is -0.497 e. The van der Waals surface area contributed by atoms with Gasteiger partial charge in [0.05, 0.1) is 18.0 Å². The van der Waals surface area contributed by atoms with Gasteiger partial charge in [0, 0.05) is 25.6 Å². The fraction of sp³-hybridized carbons (Fsp3) is 0.500. The zero-order chi connectivity index (χ0) is 25.0. The minimum absolute atomic E-state index is 0.0138. The zero-order valence-corrected chi connectivity index (χ0v) is 21.9. The van der Waals surface area contributed by atoms with Crippen LogP contribution in [0.5, 0.6) is 5.75 Å². The van der Waals surface area contributed by atoms with Crippen molar-refractivity contribution in [3.63, 3.8) is 0 Å². The van der Waals surface area contributed by atoms with Crippen molar-refractivity contribution >= 4 is 15.9 Å². The first-order chi connectivity index (χ1) is 16.0. The monoisotopic (exact) mass is 487 g/mol. The third-order valence-electron chi connectivity index (χ3n) is 6.62. The number of nitrogens with zero attached hydrogens (tertiary/aromatic N) is 2. The number of sulfonamides is 1. The van der Waals surface area contributed by atoms with E-state index >= 15 is 0 Å². The van der Waals surface area contributed by atoms with E-state index in [1.54, 1.807) is 7.11 Å². The van der Waals surface area contributed by atoms with Crippen molar-refractivity contribution in [1.29, 1.82) is 0 Å². The summed E-state index contributed by atoms with van der Waals surface area (Å²) in [5.41, 5.74) is 3.68. The Morgan fingerprint density at radius 1 is 1.09 bits per heavy atom. The lowest BCUT2D eigenvalue weighted by atomic mass is 9.97. The van der Waals surface area contributed by atoms with Crippen molar-refractivity contribution in [2.24, 2.45) is 5.92 Å². The summed E-state index contributed by atoms with van der Waals surface area (Å²) in [6.07, 6.45) is 1.04. The molecule has 34 heavy (non-hydrogen) atoms. The number of rotatable bonds is 8. The van der Waals surface area contributed by atoms with Gasteiger partial charge in [0.2, 0.25) is 15.9 Å². The first kappa shape index (κ1) is 26.2. The van der Waals surface area contributed by atoms with Gasteiger partial charge in [-0.05, 0) is 76.5 Å². The number of amides is 1. The molecule has 2 aromatic carbocycles. The molecule has 1 aliphatic heterocycles. The Hall–Kier alpha value is -2.42. The van der Waals surface area contributed by atoms with E-state index in [1.807, 2.05) is 71.3 Å². The molecule has 1 saturated heterocycles. The largest absolute Gasteiger partial charge is 0.497 e. The van der Waals surface area contributed by atoms with Crippen LogP contribution in [0.3, 0.4) is 0 Å². The number of piperidine rings is 1. The minimum atomic E-state index is -3.58. The summed E-state index contributed by atoms with van der Waals surface area (Å²) in [7, 11) is 2.03. The molecule has 0 spiro atoms. The predicted octanol–water partition coefficient (Wildman–Crippen LogP) is 3.44. The summed E-state index contributed by atoms with van der Waals surface area (Å²) in [5, 5.41) is 3.09. The van der Waals surface area contributed by atoms with E-state index in [4.69, 9.17) is 4.74 Å². The molecule has 0 bridgehead atoms. The Labute approximate surface area is 204 Å². The normalized spacial score (nSPS) is 16.4. The van der Waals surface area contributed by atoms with Gasteiger partial charge in [-0.25, -0.2) is 8.42 Å². The Morgan fingerprint density at radius 3 is 2.15 bits per heavy atom. The number of hydrogen-bond donors (Lipinski definition) is 1. The molecular formula is C26H37N3O4S. The molecule has 7 nitrogen and oxygen atoms in total. The standard InChI is InChI=1S/C26H37N3O4S/c1-18-15-19(2)25(20(3)16-18)34(31,32)29-13-11-22(12-14-29)26(30)27-17-24(28(4)5)21-7-9-23(33-6)10-8-21/h7-10,15-16,22,24H,11-14,17H2,1-6H3,(H,27,30). The SMILES string of the molecule is COc1ccc(C(CNC(=O)C2CCN(S(=O)(=O)c3c(C)cc(C)cc3C)CC2)N(C)C)cc1. The number of methoxy groups -OCH3 is 1. The first-order valence-electron chi connectivity index (χ1n) is 11.7. The molecule has 1 aliphatic rings. The van der Waals surface area contributed by atoms with Crippen molar-refractivity contribution in [3.8, 4) is 5.75 Å². The van der Waals surface area contributed by atoms with Gasteiger partial charge < -0.3 is 15.0 Å². The number of carbonyl (C=O) groups excluding carboxylic acids is 1. The molecular weight excluding hydrogens is 450 g/mol. The fourth-order valence-corrected chi connectivity index (χ4v) is 6.71. The van der Waals surface area contributed by atoms with Crippen molar-refractivity contribution < 1.29 is 17.9 Å². The van der Waals surface area contributed by atoms with E-state index < -0.39 is 10.0 Å². The molecule has 1 heterocycles. The van der Waals surface area contributed by atoms with E-state index in [-0.39, 0.29) is 17.9 Å². The molecule has 3 rings (SSSR count). The van der Waals surface area contributed by atoms with Crippen LogP contribution >= 0.6 is 0 Å². The van der Waals surface area contributed by atoms with Crippen LogP contribution < -0.4 is 10.1 Å². The third kappa shape index (κ3) is 5.79. The molecule has 186 valence electrons. The number of likely N-dealkylation sites (N-methyl/N-ethyl adjacent to an activating group) is 1. The highest BCUT2D eigenvalue weighted by Crippen LogP contribution is 2.29. The average Bonchev–Trinajstić information content (AvgIpc) is 2.78. The molecule has 1 unspecified atom stereocenters. The van der Waals surface area contributed by atoms with Gasteiger partial charge in [-0.15, -0.1) is 0 Å². The summed E-state index contributed by atoms with van der Waals surface area (Å²) in [6, 6.07) is 11.7. The van der Waals surface area contributed by atoms with Crippen LogP contribution in [-0.2, 0) is 14.8 Å². The second-order valence-corrected chi connectivity index (χ2v) is 11.3. The van der Waals surface area contributed by atoms with Crippen molar-refractivity contribution in [1.82, 2.24) is 14.5 Å². The topological polar surface area (TPSA) is 79.0 Å². The summed E-state index contributed by atoms with van der Waals surface area (Å²) < 4.78 is 33.4. The van der Waals surface area contributed by atoms with Gasteiger partial charge in [0.15, 0.2) is 0 Å². The van der Waals surface area contributed by atoms with Crippen LogP contribution in [0.15, 0.2) is 41.3 Å². The fourth-order valence-electron chi connectivity index (χ4n) is 4.83. The van der Waals surface area contributed by atoms with Crippen LogP contribution in [-0.4, -0.2) is 64.4 Å². The molecule has 0 saturated carbocycles. The molecule has 1 N–H and O–H groups in total. The smallest absolute Gasteiger partial charge is 0.243 e. The van der Waals surface area contributed by atoms with Crippen molar-refractivity contribution in [2.45, 2.75) is 44.6 Å². The Bertz CT molecular complexity index is 1080. The Balaban J connectivity index is 1.61. The lowest BCUT2D eigenvalue weighted by Gasteiger charge is -2.32. The van der Waals surface area contributed by atoms with Crippen LogP contribution in [0.2, 0.25) is 0 Å². The lowest BCUT2D eigenvalue weighted by molar-refractivity contribution is -0.126. The number of benzene rings is 2. The second-order valence-electron chi connectivity index (χ2n) is 9.40. The summed E-state index contributed by atoms with van der Waals surface area (Å²) in [5.74, 6) is 0.591. The van der Waals surface area contributed by atoms with Crippen molar-refractivity contribution in [3.05, 3.63) is 58.7 Å². The number of aryl methyl sites for hydroxylation is 3. The van der Waals surface area contributed by atoms with Gasteiger partial charge >= 0.3 is 0 Å². The maximum absolute atomic E-state index is 13.3. The van der Waals surface area contributed by atoms with Gasteiger partial charge in [-0.2, -0.15) is 4.31 Å². The van der Waals surface area contributed by atoms with Crippen LogP contribution in [0.1, 0.15) is 41.1 Å². The van der Waals surface area contributed by atoms with Crippen LogP contribution in [0.25, 0.3) is 0 Å². The van der Waals surface area contributed by atoms with E-state index in [9.17, 15) is 13.2 Å². The molecule has 0 aliphatic carbocycles. The highest BCUT2D eigenvalue weighted by atomic mass is 32.2. The number of ether oxygens (including phenoxy) is 1. The van der Waals surface area contributed by atoms with E-state index in [0.717, 1.165) is 28.0 Å². The third-order valence-corrected chi connectivity index (χ3v) is 8.83. The van der Waals surface area contributed by atoms with Gasteiger partial charge in [-0.3, -0.25) is 4.79 Å². The number of nitrogens with one attached hydrogen (secondary N) is 1. The molecule has 8 heteroatoms. The highest BCUT2D eigenvalue weighted by Gasteiger charge is 2.34. The summed E-state index contributed by atoms with van der Waals surface area (Å²) in [6.45, 7) is 6.84. The van der Waals surface area contributed by atoms with Crippen LogP contribution in [0, 0.1) is 26.7 Å². The van der Waals surface area contributed by atoms with Gasteiger partial charge in [0.25, 0.3) is 0 Å². The van der Waals surface area contributed by atoms with Crippen LogP contribution in [0.4, 0.5) is 0 Å². The molecule has 1 amide bonds. The first-order valence-corrected chi connectivity index (χ1v) is 13.1. The molecule has 0 radical (unpaired) electrons. The predicted molar refractivity (Wildman–Crippen MR) is 135 cm³/mol. The molecule has 2 aromatic rings. The van der Waals surface area contributed by atoms with Gasteiger partial charge in [-0.1, -0.05) is 29.8 Å². The zero-order valence-electron chi connectivity index (χ0n) is 21.1. The Morgan fingerprint density at radius 2 is 1.65 bits per heavy atom. The van der Waals surface area contributed by atoms with Gasteiger partial charge in [0.1, 0.15) is 5.75 Å². The van der Waals surface area contributed by atoms with E-state index in [2.05, 4.69) is 10.2 Å². The second kappa shape index (κ2) is 10.9. The average molecular weight is 488 g/mol. The lowest BCUT2D eigenvalue weighted by Crippen LogP contribution is -2.44. The highest BCUT2D eigenvalue weighted by molar-refractivity contribution is 7.89. The molecule has 0 aromatic heterocycles. The van der Waals surface area contributed by atoms with E-state index in [0.29, 0.717) is 37.4 Å². The summed E-state index contributed by atoms with van der Waals surface area (Å²) in [4.78, 5) is 15.4. The summed E-state index contributed by atoms with van der Waals surface area (Å²) >= 11 is 0. The number of hydrogen-bond acceptors (Lipinski definition) is 5. The Kier molecular flexibility index (Phi) is 8.38. The molecule has 1 atom stereocenters. The quantitative estimate of drug-likeness (QED) is 0.617. The maximum Gasteiger partial charge on any atom is 0.243 e.